The standard InChI is InChI=1S/C18H19Cl2NO/c1-2-17(14-6-4-3-5-7-14)21-18(22)11-9-13-8-10-15(19)12-16(13)20/h3-8,10,12,17H,2,9,11H2,1H3,(H,21,22). The van der Waals surface area contributed by atoms with Gasteiger partial charge in [-0.25, -0.2) is 0 Å². The van der Waals surface area contributed by atoms with Crippen LogP contribution in [-0.4, -0.2) is 5.91 Å². The lowest BCUT2D eigenvalue weighted by Gasteiger charge is -2.17. The van der Waals surface area contributed by atoms with Gasteiger partial charge in [0.2, 0.25) is 5.91 Å². The average Bonchev–Trinajstić information content (AvgIpc) is 2.52. The summed E-state index contributed by atoms with van der Waals surface area (Å²) in [5.41, 5.74) is 2.07. The van der Waals surface area contributed by atoms with E-state index in [4.69, 9.17) is 23.2 Å². The van der Waals surface area contributed by atoms with Crippen LogP contribution in [0, 0.1) is 0 Å². The first-order valence-electron chi connectivity index (χ1n) is 7.38. The summed E-state index contributed by atoms with van der Waals surface area (Å²) in [7, 11) is 0. The third-order valence-electron chi connectivity index (χ3n) is 3.58. The number of halogens is 2. The minimum atomic E-state index is 0.0294. The summed E-state index contributed by atoms with van der Waals surface area (Å²) in [5.74, 6) is 0.0294. The van der Waals surface area contributed by atoms with Gasteiger partial charge in [-0.1, -0.05) is 66.5 Å². The SMILES string of the molecule is CCC(NC(=O)CCc1ccc(Cl)cc1Cl)c1ccccc1. The van der Waals surface area contributed by atoms with Crippen molar-refractivity contribution in [3.63, 3.8) is 0 Å². The Balaban J connectivity index is 1.92. The second-order valence-corrected chi connectivity index (χ2v) is 6.02. The maximum atomic E-state index is 12.2. The Morgan fingerprint density at radius 2 is 1.86 bits per heavy atom. The molecule has 4 heteroatoms. The maximum absolute atomic E-state index is 12.2. The molecule has 0 radical (unpaired) electrons. The van der Waals surface area contributed by atoms with Crippen LogP contribution in [0.5, 0.6) is 0 Å². The molecule has 2 rings (SSSR count). The summed E-state index contributed by atoms with van der Waals surface area (Å²) in [4.78, 5) is 12.2. The summed E-state index contributed by atoms with van der Waals surface area (Å²) in [5, 5.41) is 4.29. The maximum Gasteiger partial charge on any atom is 0.220 e. The van der Waals surface area contributed by atoms with Crippen LogP contribution < -0.4 is 5.32 Å². The molecule has 0 heterocycles. The number of nitrogens with one attached hydrogen (secondary N) is 1. The fourth-order valence-corrected chi connectivity index (χ4v) is 2.85. The van der Waals surface area contributed by atoms with Gasteiger partial charge in [0.05, 0.1) is 6.04 Å². The minimum absolute atomic E-state index is 0.0294. The third kappa shape index (κ3) is 4.75. The van der Waals surface area contributed by atoms with Crippen LogP contribution in [0.2, 0.25) is 10.0 Å². The van der Waals surface area contributed by atoms with Gasteiger partial charge in [0, 0.05) is 16.5 Å². The van der Waals surface area contributed by atoms with E-state index in [1.165, 1.54) is 0 Å². The predicted octanol–water partition coefficient (Wildman–Crippen LogP) is 5.19. The van der Waals surface area contributed by atoms with Crippen molar-refractivity contribution in [2.24, 2.45) is 0 Å². The van der Waals surface area contributed by atoms with Crippen molar-refractivity contribution >= 4 is 29.1 Å². The van der Waals surface area contributed by atoms with Crippen molar-refractivity contribution in [1.29, 1.82) is 0 Å². The Labute approximate surface area is 141 Å². The molecule has 1 atom stereocenters. The van der Waals surface area contributed by atoms with Crippen molar-refractivity contribution in [2.45, 2.75) is 32.2 Å². The van der Waals surface area contributed by atoms with Gasteiger partial charge < -0.3 is 5.32 Å². The molecule has 0 fully saturated rings. The molecule has 0 bridgehead atoms. The summed E-state index contributed by atoms with van der Waals surface area (Å²) in [6.07, 6.45) is 1.87. The molecule has 0 aliphatic carbocycles. The molecule has 1 amide bonds. The van der Waals surface area contributed by atoms with E-state index < -0.39 is 0 Å². The normalized spacial score (nSPS) is 12.0. The number of amides is 1. The van der Waals surface area contributed by atoms with E-state index >= 15 is 0 Å². The molecular weight excluding hydrogens is 317 g/mol. The zero-order valence-electron chi connectivity index (χ0n) is 12.5. The highest BCUT2D eigenvalue weighted by Gasteiger charge is 2.12. The number of carbonyl (C=O) groups is 1. The van der Waals surface area contributed by atoms with Crippen molar-refractivity contribution in [1.82, 2.24) is 5.32 Å². The van der Waals surface area contributed by atoms with Crippen LogP contribution in [0.25, 0.3) is 0 Å². The van der Waals surface area contributed by atoms with Crippen LogP contribution in [0.3, 0.4) is 0 Å². The lowest BCUT2D eigenvalue weighted by atomic mass is 10.0. The number of benzene rings is 2. The number of rotatable bonds is 6. The highest BCUT2D eigenvalue weighted by Crippen LogP contribution is 2.22. The van der Waals surface area contributed by atoms with Crippen LogP contribution in [0.15, 0.2) is 48.5 Å². The highest BCUT2D eigenvalue weighted by atomic mass is 35.5. The summed E-state index contributed by atoms with van der Waals surface area (Å²) in [6.45, 7) is 2.06. The monoisotopic (exact) mass is 335 g/mol. The molecule has 2 aromatic rings. The Morgan fingerprint density at radius 3 is 2.50 bits per heavy atom. The van der Waals surface area contributed by atoms with Crippen LogP contribution >= 0.6 is 23.2 Å². The lowest BCUT2D eigenvalue weighted by molar-refractivity contribution is -0.121. The molecule has 1 unspecified atom stereocenters. The van der Waals surface area contributed by atoms with E-state index in [2.05, 4.69) is 12.2 Å². The second-order valence-electron chi connectivity index (χ2n) is 5.17. The minimum Gasteiger partial charge on any atom is -0.349 e. The van der Waals surface area contributed by atoms with Crippen molar-refractivity contribution in [3.8, 4) is 0 Å². The van der Waals surface area contributed by atoms with E-state index in [0.717, 1.165) is 17.5 Å². The Hall–Kier alpha value is -1.51. The first-order valence-corrected chi connectivity index (χ1v) is 8.14. The van der Waals surface area contributed by atoms with Gasteiger partial charge in [-0.15, -0.1) is 0 Å². The molecule has 2 nitrogen and oxygen atoms in total. The summed E-state index contributed by atoms with van der Waals surface area (Å²) < 4.78 is 0. The topological polar surface area (TPSA) is 29.1 Å². The molecular formula is C18H19Cl2NO. The van der Waals surface area contributed by atoms with Gasteiger partial charge in [-0.05, 0) is 36.1 Å². The van der Waals surface area contributed by atoms with E-state index in [9.17, 15) is 4.79 Å². The average molecular weight is 336 g/mol. The molecule has 1 N–H and O–H groups in total. The van der Waals surface area contributed by atoms with Crippen molar-refractivity contribution in [3.05, 3.63) is 69.7 Å². The largest absolute Gasteiger partial charge is 0.349 e. The van der Waals surface area contributed by atoms with Gasteiger partial charge in [-0.3, -0.25) is 4.79 Å². The summed E-state index contributed by atoms with van der Waals surface area (Å²) in [6, 6.07) is 15.4. The number of hydrogen-bond donors (Lipinski definition) is 1. The van der Waals surface area contributed by atoms with Gasteiger partial charge in [-0.2, -0.15) is 0 Å². The molecule has 0 saturated heterocycles. The highest BCUT2D eigenvalue weighted by molar-refractivity contribution is 6.35. The number of hydrogen-bond acceptors (Lipinski definition) is 1. The third-order valence-corrected chi connectivity index (χ3v) is 4.17. The molecule has 0 saturated carbocycles. The van der Waals surface area contributed by atoms with Gasteiger partial charge >= 0.3 is 0 Å². The zero-order valence-corrected chi connectivity index (χ0v) is 14.0. The van der Waals surface area contributed by atoms with E-state index in [1.807, 2.05) is 36.4 Å². The van der Waals surface area contributed by atoms with Crippen LogP contribution in [0.4, 0.5) is 0 Å². The number of carbonyl (C=O) groups excluding carboxylic acids is 1. The zero-order chi connectivity index (χ0) is 15.9. The smallest absolute Gasteiger partial charge is 0.220 e. The van der Waals surface area contributed by atoms with E-state index in [-0.39, 0.29) is 11.9 Å². The Bertz CT molecular complexity index is 628. The first kappa shape index (κ1) is 16.9. The van der Waals surface area contributed by atoms with Gasteiger partial charge in [0.15, 0.2) is 0 Å². The van der Waals surface area contributed by atoms with Crippen LogP contribution in [0.1, 0.15) is 36.9 Å². The molecule has 0 aromatic heterocycles. The molecule has 22 heavy (non-hydrogen) atoms. The van der Waals surface area contributed by atoms with E-state index in [0.29, 0.717) is 22.9 Å². The molecule has 2 aromatic carbocycles. The van der Waals surface area contributed by atoms with Crippen molar-refractivity contribution < 1.29 is 4.79 Å². The fourth-order valence-electron chi connectivity index (χ4n) is 2.35. The van der Waals surface area contributed by atoms with Crippen molar-refractivity contribution in [2.75, 3.05) is 0 Å². The predicted molar refractivity (Wildman–Crippen MR) is 92.4 cm³/mol. The molecule has 116 valence electrons. The van der Waals surface area contributed by atoms with Crippen LogP contribution in [-0.2, 0) is 11.2 Å². The quantitative estimate of drug-likeness (QED) is 0.772. The summed E-state index contributed by atoms with van der Waals surface area (Å²) >= 11 is 12.0. The number of aryl methyl sites for hydroxylation is 1. The van der Waals surface area contributed by atoms with E-state index in [1.54, 1.807) is 12.1 Å². The molecule has 0 spiro atoms. The first-order chi connectivity index (χ1) is 10.6. The second kappa shape index (κ2) is 8.21. The lowest BCUT2D eigenvalue weighted by Crippen LogP contribution is -2.28. The molecule has 0 aliphatic rings. The fraction of sp³-hybridized carbons (Fsp3) is 0.278. The Kier molecular flexibility index (Phi) is 6.29. The van der Waals surface area contributed by atoms with Gasteiger partial charge in [0.25, 0.3) is 0 Å². The Morgan fingerprint density at radius 1 is 1.14 bits per heavy atom. The van der Waals surface area contributed by atoms with Gasteiger partial charge in [0.1, 0.15) is 0 Å². The molecule has 0 aliphatic heterocycles.